The zero-order valence-corrected chi connectivity index (χ0v) is 12.2. The molecule has 0 bridgehead atoms. The van der Waals surface area contributed by atoms with Crippen molar-refractivity contribution in [1.29, 1.82) is 0 Å². The average Bonchev–Trinajstić information content (AvgIpc) is 2.91. The van der Waals surface area contributed by atoms with Gasteiger partial charge in [-0.05, 0) is 72.8 Å². The fourth-order valence-electron chi connectivity index (χ4n) is 5.93. The molecule has 19 heavy (non-hydrogen) atoms. The SMILES string of the molecule is CC[C@@]12CCC[C@H]1[C@H]1CCc3ccccc3[C@H]1CC2. The molecule has 2 saturated carbocycles. The van der Waals surface area contributed by atoms with Crippen LogP contribution in [0.15, 0.2) is 24.3 Å². The van der Waals surface area contributed by atoms with E-state index in [0.29, 0.717) is 0 Å². The average molecular weight is 254 g/mol. The largest absolute Gasteiger partial charge is 0.0648 e. The Labute approximate surface area is 117 Å². The third kappa shape index (κ3) is 1.65. The molecule has 0 amide bonds. The first kappa shape index (κ1) is 12.0. The Morgan fingerprint density at radius 2 is 2.00 bits per heavy atom. The summed E-state index contributed by atoms with van der Waals surface area (Å²) in [6.45, 7) is 2.45. The molecule has 4 atom stereocenters. The molecule has 0 radical (unpaired) electrons. The Kier molecular flexibility index (Phi) is 2.76. The molecule has 2 fully saturated rings. The molecule has 0 N–H and O–H groups in total. The van der Waals surface area contributed by atoms with Crippen molar-refractivity contribution >= 4 is 0 Å². The van der Waals surface area contributed by atoms with E-state index in [1.807, 2.05) is 0 Å². The van der Waals surface area contributed by atoms with Crippen LogP contribution >= 0.6 is 0 Å². The number of hydrogen-bond donors (Lipinski definition) is 0. The van der Waals surface area contributed by atoms with Crippen LogP contribution in [0.1, 0.15) is 68.9 Å². The number of benzene rings is 1. The molecular weight excluding hydrogens is 228 g/mol. The second-order valence-electron chi connectivity index (χ2n) is 7.26. The van der Waals surface area contributed by atoms with Gasteiger partial charge in [0.05, 0.1) is 0 Å². The predicted molar refractivity (Wildman–Crippen MR) is 80.3 cm³/mol. The van der Waals surface area contributed by atoms with Gasteiger partial charge in [0, 0.05) is 0 Å². The molecule has 0 unspecified atom stereocenters. The first-order chi connectivity index (χ1) is 9.34. The van der Waals surface area contributed by atoms with Crippen molar-refractivity contribution in [3.05, 3.63) is 35.4 Å². The van der Waals surface area contributed by atoms with Crippen LogP contribution in [0.3, 0.4) is 0 Å². The van der Waals surface area contributed by atoms with E-state index in [4.69, 9.17) is 0 Å². The van der Waals surface area contributed by atoms with Crippen LogP contribution in [0, 0.1) is 17.3 Å². The lowest BCUT2D eigenvalue weighted by molar-refractivity contribution is 0.0409. The van der Waals surface area contributed by atoms with E-state index in [-0.39, 0.29) is 0 Å². The van der Waals surface area contributed by atoms with E-state index < -0.39 is 0 Å². The molecule has 0 nitrogen and oxygen atoms in total. The number of fused-ring (bicyclic) bond motifs is 5. The lowest BCUT2D eigenvalue weighted by atomic mass is 9.54. The van der Waals surface area contributed by atoms with Gasteiger partial charge < -0.3 is 0 Å². The van der Waals surface area contributed by atoms with Crippen LogP contribution in [0.25, 0.3) is 0 Å². The Morgan fingerprint density at radius 1 is 1.11 bits per heavy atom. The highest BCUT2D eigenvalue weighted by Crippen LogP contribution is 2.62. The maximum atomic E-state index is 2.45. The van der Waals surface area contributed by atoms with E-state index in [1.54, 1.807) is 11.1 Å². The van der Waals surface area contributed by atoms with Crippen molar-refractivity contribution in [3.63, 3.8) is 0 Å². The summed E-state index contributed by atoms with van der Waals surface area (Å²) in [4.78, 5) is 0. The summed E-state index contributed by atoms with van der Waals surface area (Å²) in [7, 11) is 0. The molecule has 0 spiro atoms. The van der Waals surface area contributed by atoms with Crippen molar-refractivity contribution in [1.82, 2.24) is 0 Å². The number of hydrogen-bond acceptors (Lipinski definition) is 0. The second kappa shape index (κ2) is 4.36. The Balaban J connectivity index is 1.71. The highest BCUT2D eigenvalue weighted by atomic mass is 14.6. The topological polar surface area (TPSA) is 0 Å². The maximum Gasteiger partial charge on any atom is -0.0128 e. The van der Waals surface area contributed by atoms with Gasteiger partial charge in [0.15, 0.2) is 0 Å². The lowest BCUT2D eigenvalue weighted by Crippen LogP contribution is -2.40. The lowest BCUT2D eigenvalue weighted by Gasteiger charge is -2.50. The summed E-state index contributed by atoms with van der Waals surface area (Å²) in [6, 6.07) is 9.30. The highest BCUT2D eigenvalue weighted by Gasteiger charge is 2.51. The van der Waals surface area contributed by atoms with Gasteiger partial charge in [-0.3, -0.25) is 0 Å². The summed E-state index contributed by atoms with van der Waals surface area (Å²) >= 11 is 0. The van der Waals surface area contributed by atoms with E-state index in [0.717, 1.165) is 23.2 Å². The molecule has 0 heterocycles. The van der Waals surface area contributed by atoms with Crippen molar-refractivity contribution < 1.29 is 0 Å². The van der Waals surface area contributed by atoms with Gasteiger partial charge in [0.25, 0.3) is 0 Å². The van der Waals surface area contributed by atoms with Gasteiger partial charge in [-0.1, -0.05) is 44.0 Å². The molecule has 0 aliphatic heterocycles. The van der Waals surface area contributed by atoms with Crippen LogP contribution in [0.2, 0.25) is 0 Å². The molecule has 4 rings (SSSR count). The minimum absolute atomic E-state index is 0.744. The van der Waals surface area contributed by atoms with Gasteiger partial charge in [-0.15, -0.1) is 0 Å². The van der Waals surface area contributed by atoms with E-state index in [1.165, 1.54) is 51.4 Å². The van der Waals surface area contributed by atoms with Crippen molar-refractivity contribution in [3.8, 4) is 0 Å². The molecule has 1 aromatic rings. The van der Waals surface area contributed by atoms with Crippen LogP contribution in [0.5, 0.6) is 0 Å². The van der Waals surface area contributed by atoms with Gasteiger partial charge in [0.2, 0.25) is 0 Å². The first-order valence-corrected chi connectivity index (χ1v) is 8.42. The number of aryl methyl sites for hydroxylation is 1. The third-order valence-corrected chi connectivity index (χ3v) is 6.87. The zero-order valence-electron chi connectivity index (χ0n) is 12.2. The van der Waals surface area contributed by atoms with Crippen LogP contribution in [-0.4, -0.2) is 0 Å². The molecule has 3 aliphatic rings. The molecule has 102 valence electrons. The van der Waals surface area contributed by atoms with Gasteiger partial charge >= 0.3 is 0 Å². The Hall–Kier alpha value is -0.780. The molecule has 1 aromatic carbocycles. The fourth-order valence-corrected chi connectivity index (χ4v) is 5.93. The van der Waals surface area contributed by atoms with Crippen LogP contribution in [-0.2, 0) is 6.42 Å². The summed E-state index contributed by atoms with van der Waals surface area (Å²) in [5.74, 6) is 2.95. The summed E-state index contributed by atoms with van der Waals surface area (Å²) in [6.07, 6.45) is 11.8. The maximum absolute atomic E-state index is 2.45. The molecule has 0 saturated heterocycles. The third-order valence-electron chi connectivity index (χ3n) is 6.87. The highest BCUT2D eigenvalue weighted by molar-refractivity contribution is 5.34. The standard InChI is InChI=1S/C19H26/c1-2-19-12-5-8-18(19)17-10-9-14-6-3-4-7-15(14)16(17)11-13-19/h3-4,6-7,16-18H,2,5,8-13H2,1H3/t16-,17+,18+,19+/m1/s1. The predicted octanol–water partition coefficient (Wildman–Crippen LogP) is 5.32. The molecule has 3 aliphatic carbocycles. The molecule has 0 heteroatoms. The quantitative estimate of drug-likeness (QED) is 0.636. The fraction of sp³-hybridized carbons (Fsp3) is 0.684. The minimum atomic E-state index is 0.744. The van der Waals surface area contributed by atoms with E-state index in [2.05, 4.69) is 31.2 Å². The van der Waals surface area contributed by atoms with E-state index in [9.17, 15) is 0 Å². The van der Waals surface area contributed by atoms with Gasteiger partial charge in [0.1, 0.15) is 0 Å². The second-order valence-corrected chi connectivity index (χ2v) is 7.26. The summed E-state index contributed by atoms with van der Waals surface area (Å²) in [5.41, 5.74) is 4.12. The van der Waals surface area contributed by atoms with Crippen molar-refractivity contribution in [2.75, 3.05) is 0 Å². The summed E-state index contributed by atoms with van der Waals surface area (Å²) in [5, 5.41) is 0. The van der Waals surface area contributed by atoms with Crippen molar-refractivity contribution in [2.24, 2.45) is 17.3 Å². The van der Waals surface area contributed by atoms with Crippen molar-refractivity contribution in [2.45, 2.75) is 64.2 Å². The summed E-state index contributed by atoms with van der Waals surface area (Å²) < 4.78 is 0. The Morgan fingerprint density at radius 3 is 2.89 bits per heavy atom. The Bertz CT molecular complexity index is 475. The van der Waals surface area contributed by atoms with E-state index >= 15 is 0 Å². The zero-order chi connectivity index (χ0) is 12.9. The van der Waals surface area contributed by atoms with Gasteiger partial charge in [-0.2, -0.15) is 0 Å². The monoisotopic (exact) mass is 254 g/mol. The smallest absolute Gasteiger partial charge is 0.0128 e. The van der Waals surface area contributed by atoms with Crippen LogP contribution in [0.4, 0.5) is 0 Å². The van der Waals surface area contributed by atoms with Gasteiger partial charge in [-0.25, -0.2) is 0 Å². The number of rotatable bonds is 1. The minimum Gasteiger partial charge on any atom is -0.0648 e. The van der Waals surface area contributed by atoms with Crippen LogP contribution < -0.4 is 0 Å². The molecule has 0 aromatic heterocycles. The molecular formula is C19H26. The first-order valence-electron chi connectivity index (χ1n) is 8.42. The normalized spacial score (nSPS) is 40.4.